The lowest BCUT2D eigenvalue weighted by Crippen LogP contribution is -2.42. The van der Waals surface area contributed by atoms with E-state index < -0.39 is 17.3 Å². The average Bonchev–Trinajstić information content (AvgIpc) is 2.99. The number of carbonyl (C=O) groups is 3. The van der Waals surface area contributed by atoms with E-state index in [0.717, 1.165) is 0 Å². The molecular weight excluding hydrogens is 312 g/mol. The van der Waals surface area contributed by atoms with Crippen molar-refractivity contribution in [1.29, 1.82) is 0 Å². The molecule has 0 aromatic rings. The zero-order chi connectivity index (χ0) is 18.5. The van der Waals surface area contributed by atoms with Crippen molar-refractivity contribution in [3.05, 3.63) is 0 Å². The Morgan fingerprint density at radius 1 is 1.08 bits per heavy atom. The van der Waals surface area contributed by atoms with E-state index in [2.05, 4.69) is 0 Å². The van der Waals surface area contributed by atoms with Crippen molar-refractivity contribution in [3.63, 3.8) is 0 Å². The molecule has 0 aliphatic heterocycles. The van der Waals surface area contributed by atoms with Gasteiger partial charge in [-0.1, -0.05) is 6.92 Å². The lowest BCUT2D eigenvalue weighted by atomic mass is 9.70. The zero-order valence-electron chi connectivity index (χ0n) is 15.6. The van der Waals surface area contributed by atoms with Gasteiger partial charge < -0.3 is 14.2 Å². The molecule has 138 valence electrons. The van der Waals surface area contributed by atoms with E-state index in [0.29, 0.717) is 19.4 Å². The summed E-state index contributed by atoms with van der Waals surface area (Å²) >= 11 is 0. The molecule has 0 N–H and O–H groups in total. The van der Waals surface area contributed by atoms with Gasteiger partial charge in [0.1, 0.15) is 0 Å². The third-order valence-electron chi connectivity index (χ3n) is 5.20. The summed E-state index contributed by atoms with van der Waals surface area (Å²) in [7, 11) is 1.34. The molecule has 0 aromatic heterocycles. The number of hydrogen-bond donors (Lipinski definition) is 0. The van der Waals surface area contributed by atoms with Crippen molar-refractivity contribution in [2.24, 2.45) is 29.1 Å². The molecule has 0 radical (unpaired) electrons. The minimum absolute atomic E-state index is 0.197. The van der Waals surface area contributed by atoms with Gasteiger partial charge >= 0.3 is 17.9 Å². The summed E-state index contributed by atoms with van der Waals surface area (Å²) in [6.07, 6.45) is 1.34. The number of ether oxygens (including phenoxy) is 3. The van der Waals surface area contributed by atoms with Gasteiger partial charge in [-0.05, 0) is 52.4 Å². The second-order valence-corrected chi connectivity index (χ2v) is 6.88. The van der Waals surface area contributed by atoms with Crippen molar-refractivity contribution in [1.82, 2.24) is 0 Å². The number of carbonyl (C=O) groups excluding carboxylic acids is 3. The number of rotatable bonds is 7. The first-order valence-electron chi connectivity index (χ1n) is 8.63. The maximum atomic E-state index is 12.6. The molecule has 0 heterocycles. The first-order valence-corrected chi connectivity index (χ1v) is 8.63. The molecule has 0 amide bonds. The van der Waals surface area contributed by atoms with Crippen molar-refractivity contribution in [3.8, 4) is 0 Å². The molecule has 1 aliphatic carbocycles. The van der Waals surface area contributed by atoms with Crippen LogP contribution in [0.2, 0.25) is 0 Å². The Morgan fingerprint density at radius 2 is 1.67 bits per heavy atom. The van der Waals surface area contributed by atoms with E-state index >= 15 is 0 Å². The van der Waals surface area contributed by atoms with Crippen molar-refractivity contribution in [2.75, 3.05) is 20.3 Å². The topological polar surface area (TPSA) is 78.9 Å². The lowest BCUT2D eigenvalue weighted by Gasteiger charge is -2.34. The average molecular weight is 342 g/mol. The molecule has 0 unspecified atom stereocenters. The molecular formula is C18H30O6. The smallest absolute Gasteiger partial charge is 0.311 e. The van der Waals surface area contributed by atoms with Gasteiger partial charge in [0, 0.05) is 0 Å². The summed E-state index contributed by atoms with van der Waals surface area (Å²) in [4.78, 5) is 36.9. The van der Waals surface area contributed by atoms with Crippen LogP contribution in [0.4, 0.5) is 0 Å². The molecule has 6 nitrogen and oxygen atoms in total. The fraction of sp³-hybridized carbons (Fsp3) is 0.833. The largest absolute Gasteiger partial charge is 0.469 e. The van der Waals surface area contributed by atoms with Gasteiger partial charge in [0.25, 0.3) is 0 Å². The summed E-state index contributed by atoms with van der Waals surface area (Å²) in [6.45, 7) is 9.42. The molecule has 1 fully saturated rings. The van der Waals surface area contributed by atoms with Crippen molar-refractivity contribution < 1.29 is 28.6 Å². The van der Waals surface area contributed by atoms with Gasteiger partial charge in [0.15, 0.2) is 0 Å². The predicted molar refractivity (Wildman–Crippen MR) is 87.9 cm³/mol. The van der Waals surface area contributed by atoms with Gasteiger partial charge in [-0.25, -0.2) is 0 Å². The Hall–Kier alpha value is -1.59. The van der Waals surface area contributed by atoms with Crippen LogP contribution >= 0.6 is 0 Å². The molecule has 1 rings (SSSR count). The van der Waals surface area contributed by atoms with Gasteiger partial charge in [-0.15, -0.1) is 0 Å². The van der Waals surface area contributed by atoms with Crippen LogP contribution < -0.4 is 0 Å². The molecule has 1 saturated carbocycles. The van der Waals surface area contributed by atoms with Crippen LogP contribution in [0.25, 0.3) is 0 Å². The summed E-state index contributed by atoms with van der Waals surface area (Å²) in [5.74, 6) is -2.38. The van der Waals surface area contributed by atoms with Crippen molar-refractivity contribution in [2.45, 2.75) is 47.5 Å². The highest BCUT2D eigenvalue weighted by Crippen LogP contribution is 2.50. The number of methoxy groups -OCH3 is 1. The van der Waals surface area contributed by atoms with Gasteiger partial charge in [0.2, 0.25) is 0 Å². The third-order valence-corrected chi connectivity index (χ3v) is 5.20. The first-order chi connectivity index (χ1) is 11.2. The van der Waals surface area contributed by atoms with E-state index in [1.54, 1.807) is 34.6 Å². The highest BCUT2D eigenvalue weighted by molar-refractivity contribution is 5.81. The quantitative estimate of drug-likeness (QED) is 0.523. The highest BCUT2D eigenvalue weighted by atomic mass is 16.5. The van der Waals surface area contributed by atoms with E-state index in [4.69, 9.17) is 14.2 Å². The van der Waals surface area contributed by atoms with Crippen LogP contribution in [0.15, 0.2) is 0 Å². The predicted octanol–water partition coefficient (Wildman–Crippen LogP) is 2.59. The third kappa shape index (κ3) is 4.08. The maximum absolute atomic E-state index is 12.6. The SMILES string of the molecule is CCOC(=O)[C@@H]1[C@H]([C@@H](C)C(=O)OCC)CC[C@H]1C(C)(C)C(=O)OC. The molecule has 0 aromatic carbocycles. The number of hydrogen-bond acceptors (Lipinski definition) is 6. The highest BCUT2D eigenvalue weighted by Gasteiger charge is 2.53. The Morgan fingerprint density at radius 3 is 2.17 bits per heavy atom. The van der Waals surface area contributed by atoms with Gasteiger partial charge in [0.05, 0.1) is 37.6 Å². The van der Waals surface area contributed by atoms with Crippen LogP contribution in [0.3, 0.4) is 0 Å². The molecule has 1 aliphatic rings. The second kappa shape index (κ2) is 8.49. The maximum Gasteiger partial charge on any atom is 0.311 e. The monoisotopic (exact) mass is 342 g/mol. The Kier molecular flexibility index (Phi) is 7.24. The van der Waals surface area contributed by atoms with Crippen LogP contribution in [0.1, 0.15) is 47.5 Å². The van der Waals surface area contributed by atoms with Crippen LogP contribution in [-0.2, 0) is 28.6 Å². The molecule has 6 heteroatoms. The summed E-state index contributed by atoms with van der Waals surface area (Å²) in [5.41, 5.74) is -0.824. The molecule has 4 atom stereocenters. The normalized spacial score (nSPS) is 25.0. The zero-order valence-corrected chi connectivity index (χ0v) is 15.6. The second-order valence-electron chi connectivity index (χ2n) is 6.88. The lowest BCUT2D eigenvalue weighted by molar-refractivity contribution is -0.162. The molecule has 24 heavy (non-hydrogen) atoms. The first kappa shape index (κ1) is 20.5. The Balaban J connectivity index is 3.12. The molecule has 0 bridgehead atoms. The van der Waals surface area contributed by atoms with Gasteiger partial charge in [-0.3, -0.25) is 14.4 Å². The summed E-state index contributed by atoms with van der Waals surface area (Å²) in [5, 5.41) is 0. The minimum atomic E-state index is -0.824. The standard InChI is InChI=1S/C18H30O6/c1-7-23-15(19)11(3)12-9-10-13(14(12)16(20)24-8-2)18(4,5)17(21)22-6/h11-14H,7-10H2,1-6H3/t11-,12+,13-,14-/m1/s1. The van der Waals surface area contributed by atoms with E-state index in [1.807, 2.05) is 0 Å². The molecule has 0 saturated heterocycles. The number of esters is 3. The van der Waals surface area contributed by atoms with Crippen LogP contribution in [0.5, 0.6) is 0 Å². The van der Waals surface area contributed by atoms with E-state index in [-0.39, 0.29) is 36.4 Å². The Bertz CT molecular complexity index is 470. The fourth-order valence-electron chi connectivity index (χ4n) is 3.84. The van der Waals surface area contributed by atoms with E-state index in [1.165, 1.54) is 7.11 Å². The molecule has 0 spiro atoms. The summed E-state index contributed by atoms with van der Waals surface area (Å²) < 4.78 is 15.3. The summed E-state index contributed by atoms with van der Waals surface area (Å²) in [6, 6.07) is 0. The van der Waals surface area contributed by atoms with Crippen LogP contribution in [0, 0.1) is 29.1 Å². The Labute approximate surface area is 144 Å². The van der Waals surface area contributed by atoms with E-state index in [9.17, 15) is 14.4 Å². The van der Waals surface area contributed by atoms with Gasteiger partial charge in [-0.2, -0.15) is 0 Å². The van der Waals surface area contributed by atoms with Crippen LogP contribution in [-0.4, -0.2) is 38.2 Å². The minimum Gasteiger partial charge on any atom is -0.469 e. The van der Waals surface area contributed by atoms with Crippen molar-refractivity contribution >= 4 is 17.9 Å². The fourth-order valence-corrected chi connectivity index (χ4v) is 3.84.